The lowest BCUT2D eigenvalue weighted by Crippen LogP contribution is -2.39. The van der Waals surface area contributed by atoms with Crippen LogP contribution in [-0.2, 0) is 0 Å². The van der Waals surface area contributed by atoms with Gasteiger partial charge in [-0.2, -0.15) is 0 Å². The molecule has 2 rings (SSSR count). The number of benzene rings is 1. The lowest BCUT2D eigenvalue weighted by Gasteiger charge is -2.30. The number of likely N-dealkylation sites (N-methyl/N-ethyl adjacent to an activating group) is 2. The molecule has 1 aliphatic heterocycles. The molecule has 1 unspecified atom stereocenters. The van der Waals surface area contributed by atoms with Crippen LogP contribution in [0, 0.1) is 5.41 Å². The molecule has 1 aromatic carbocycles. The number of anilines is 1. The van der Waals surface area contributed by atoms with E-state index in [1.54, 1.807) is 0 Å². The van der Waals surface area contributed by atoms with E-state index in [0.717, 1.165) is 28.8 Å². The molecule has 3 N–H and O–H groups in total. The fourth-order valence-corrected chi connectivity index (χ4v) is 3.60. The van der Waals surface area contributed by atoms with Gasteiger partial charge in [0, 0.05) is 29.8 Å². The minimum atomic E-state index is 0.109. The lowest BCUT2D eigenvalue weighted by molar-refractivity contribution is 0.270. The molecule has 5 heteroatoms. The highest BCUT2D eigenvalue weighted by atomic mass is 79.9. The van der Waals surface area contributed by atoms with Gasteiger partial charge in [-0.25, -0.2) is 0 Å². The first-order chi connectivity index (χ1) is 9.54. The molecule has 0 saturated carbocycles. The van der Waals surface area contributed by atoms with Gasteiger partial charge >= 0.3 is 0 Å². The summed E-state index contributed by atoms with van der Waals surface area (Å²) in [5.74, 6) is 0.109. The third kappa shape index (κ3) is 3.15. The normalized spacial score (nSPS) is 19.2. The first kappa shape index (κ1) is 15.3. The van der Waals surface area contributed by atoms with E-state index >= 15 is 0 Å². The number of nitrogens with zero attached hydrogens (tertiary/aromatic N) is 2. The van der Waals surface area contributed by atoms with Gasteiger partial charge in [-0.3, -0.25) is 10.3 Å². The zero-order valence-electron chi connectivity index (χ0n) is 12.2. The fraction of sp³-hybridized carbons (Fsp3) is 0.533. The predicted octanol–water partition coefficient (Wildman–Crippen LogP) is 2.65. The molecular formula is C15H23BrN4. The van der Waals surface area contributed by atoms with Crippen LogP contribution in [0.2, 0.25) is 0 Å². The first-order valence-electron chi connectivity index (χ1n) is 7.12. The molecule has 0 radical (unpaired) electrons. The van der Waals surface area contributed by atoms with Gasteiger partial charge in [0.2, 0.25) is 0 Å². The maximum atomic E-state index is 7.78. The van der Waals surface area contributed by atoms with Crippen molar-refractivity contribution in [1.82, 2.24) is 4.90 Å². The molecule has 1 aliphatic rings. The second-order valence-corrected chi connectivity index (χ2v) is 6.21. The molecule has 4 nitrogen and oxygen atoms in total. The van der Waals surface area contributed by atoms with E-state index < -0.39 is 0 Å². The zero-order chi connectivity index (χ0) is 14.7. The van der Waals surface area contributed by atoms with Gasteiger partial charge < -0.3 is 10.6 Å². The van der Waals surface area contributed by atoms with E-state index in [1.165, 1.54) is 19.4 Å². The van der Waals surface area contributed by atoms with Crippen molar-refractivity contribution in [3.63, 3.8) is 0 Å². The molecule has 20 heavy (non-hydrogen) atoms. The van der Waals surface area contributed by atoms with Crippen LogP contribution in [0.25, 0.3) is 0 Å². The van der Waals surface area contributed by atoms with Crippen LogP contribution < -0.4 is 10.6 Å². The third-order valence-electron chi connectivity index (χ3n) is 4.06. The molecule has 1 fully saturated rings. The molecule has 0 bridgehead atoms. The van der Waals surface area contributed by atoms with Gasteiger partial charge in [-0.15, -0.1) is 0 Å². The van der Waals surface area contributed by atoms with Gasteiger partial charge in [-0.1, -0.05) is 13.0 Å². The van der Waals surface area contributed by atoms with E-state index in [2.05, 4.69) is 39.7 Å². The van der Waals surface area contributed by atoms with Crippen molar-refractivity contribution in [2.75, 3.05) is 31.6 Å². The molecule has 1 heterocycles. The number of halogens is 1. The first-order valence-corrected chi connectivity index (χ1v) is 7.92. The summed E-state index contributed by atoms with van der Waals surface area (Å²) in [5.41, 5.74) is 7.54. The fourth-order valence-electron chi connectivity index (χ4n) is 3.03. The quantitative estimate of drug-likeness (QED) is 0.641. The second kappa shape index (κ2) is 6.59. The largest absolute Gasteiger partial charge is 0.384 e. The number of hydrogen-bond donors (Lipinski definition) is 2. The van der Waals surface area contributed by atoms with Gasteiger partial charge in [0.25, 0.3) is 0 Å². The Morgan fingerprint density at radius 1 is 1.55 bits per heavy atom. The Morgan fingerprint density at radius 2 is 2.30 bits per heavy atom. The number of nitrogen functional groups attached to an aromatic ring is 1. The van der Waals surface area contributed by atoms with Crippen molar-refractivity contribution in [3.8, 4) is 0 Å². The SMILES string of the molecule is CCN1CCCC1CN(C)c1cccc(Br)c1C(=N)N. The van der Waals surface area contributed by atoms with Crippen molar-refractivity contribution in [3.05, 3.63) is 28.2 Å². The van der Waals surface area contributed by atoms with E-state index in [-0.39, 0.29) is 5.84 Å². The Labute approximate surface area is 129 Å². The number of nitrogens with two attached hydrogens (primary N) is 1. The van der Waals surface area contributed by atoms with Crippen molar-refractivity contribution in [2.24, 2.45) is 5.73 Å². The summed E-state index contributed by atoms with van der Waals surface area (Å²) in [6.07, 6.45) is 2.53. The predicted molar refractivity (Wildman–Crippen MR) is 88.7 cm³/mol. The Hall–Kier alpha value is -1.07. The Kier molecular flexibility index (Phi) is 5.05. The van der Waals surface area contributed by atoms with Crippen LogP contribution in [0.3, 0.4) is 0 Å². The highest BCUT2D eigenvalue weighted by Gasteiger charge is 2.25. The van der Waals surface area contributed by atoms with Crippen molar-refractivity contribution in [1.29, 1.82) is 5.41 Å². The lowest BCUT2D eigenvalue weighted by atomic mass is 10.1. The summed E-state index contributed by atoms with van der Waals surface area (Å²) in [7, 11) is 2.08. The van der Waals surface area contributed by atoms with Crippen molar-refractivity contribution in [2.45, 2.75) is 25.8 Å². The standard InChI is InChI=1S/C15H23BrN4/c1-3-20-9-5-6-11(20)10-19(2)13-8-4-7-12(16)14(13)15(17)18/h4,7-8,11H,3,5-6,9-10H2,1-2H3,(H3,17,18). The van der Waals surface area contributed by atoms with Crippen LogP contribution in [0.15, 0.2) is 22.7 Å². The van der Waals surface area contributed by atoms with E-state index in [9.17, 15) is 0 Å². The Bertz CT molecular complexity index is 489. The number of amidine groups is 1. The highest BCUT2D eigenvalue weighted by Crippen LogP contribution is 2.28. The molecule has 1 atom stereocenters. The summed E-state index contributed by atoms with van der Waals surface area (Å²) in [6.45, 7) is 5.51. The van der Waals surface area contributed by atoms with Crippen LogP contribution in [0.1, 0.15) is 25.3 Å². The van der Waals surface area contributed by atoms with Crippen LogP contribution in [-0.4, -0.2) is 43.5 Å². The van der Waals surface area contributed by atoms with Crippen LogP contribution in [0.5, 0.6) is 0 Å². The van der Waals surface area contributed by atoms with Gasteiger partial charge in [0.15, 0.2) is 0 Å². The minimum Gasteiger partial charge on any atom is -0.384 e. The molecule has 0 aromatic heterocycles. The van der Waals surface area contributed by atoms with E-state index in [1.807, 2.05) is 18.2 Å². The van der Waals surface area contributed by atoms with Crippen molar-refractivity contribution >= 4 is 27.5 Å². The van der Waals surface area contributed by atoms with E-state index in [0.29, 0.717) is 6.04 Å². The molecule has 0 aliphatic carbocycles. The maximum Gasteiger partial charge on any atom is 0.126 e. The molecule has 110 valence electrons. The molecule has 0 spiro atoms. The second-order valence-electron chi connectivity index (χ2n) is 5.35. The number of likely N-dealkylation sites (tertiary alicyclic amines) is 1. The van der Waals surface area contributed by atoms with Gasteiger partial charge in [0.05, 0.1) is 5.56 Å². The molecular weight excluding hydrogens is 316 g/mol. The summed E-state index contributed by atoms with van der Waals surface area (Å²) in [4.78, 5) is 4.75. The highest BCUT2D eigenvalue weighted by molar-refractivity contribution is 9.10. The van der Waals surface area contributed by atoms with Crippen LogP contribution >= 0.6 is 15.9 Å². The smallest absolute Gasteiger partial charge is 0.126 e. The number of hydrogen-bond acceptors (Lipinski definition) is 3. The third-order valence-corrected chi connectivity index (χ3v) is 4.72. The zero-order valence-corrected chi connectivity index (χ0v) is 13.8. The summed E-state index contributed by atoms with van der Waals surface area (Å²) in [6, 6.07) is 6.56. The number of rotatable bonds is 5. The number of nitrogens with one attached hydrogen (secondary N) is 1. The van der Waals surface area contributed by atoms with E-state index in [4.69, 9.17) is 11.1 Å². The van der Waals surface area contributed by atoms with Crippen LogP contribution in [0.4, 0.5) is 5.69 Å². The molecule has 0 amide bonds. The monoisotopic (exact) mass is 338 g/mol. The summed E-state index contributed by atoms with van der Waals surface area (Å²) >= 11 is 3.50. The van der Waals surface area contributed by atoms with Crippen molar-refractivity contribution < 1.29 is 0 Å². The Balaban J connectivity index is 2.19. The topological polar surface area (TPSA) is 56.4 Å². The Morgan fingerprint density at radius 3 is 2.95 bits per heavy atom. The van der Waals surface area contributed by atoms with Gasteiger partial charge in [-0.05, 0) is 54.0 Å². The summed E-state index contributed by atoms with van der Waals surface area (Å²) < 4.78 is 0.883. The summed E-state index contributed by atoms with van der Waals surface area (Å²) in [5, 5.41) is 7.78. The average Bonchev–Trinajstić information content (AvgIpc) is 2.85. The van der Waals surface area contributed by atoms with Gasteiger partial charge in [0.1, 0.15) is 5.84 Å². The average molecular weight is 339 g/mol. The molecule has 1 saturated heterocycles. The minimum absolute atomic E-state index is 0.109. The maximum absolute atomic E-state index is 7.78. The molecule has 1 aromatic rings.